The maximum absolute atomic E-state index is 11.3. The number of rotatable bonds is 0. The lowest BCUT2D eigenvalue weighted by Crippen LogP contribution is -2.06. The maximum Gasteiger partial charge on any atom is 0.260 e. The van der Waals surface area contributed by atoms with E-state index in [4.69, 9.17) is 0 Å². The average molecular weight is 193 g/mol. The maximum atomic E-state index is 11.3. The molecule has 0 radical (unpaired) electrons. The first-order valence-electron chi connectivity index (χ1n) is 4.69. The summed E-state index contributed by atoms with van der Waals surface area (Å²) in [5, 5.41) is 0.681. The van der Waals surface area contributed by atoms with Gasteiger partial charge in [0.2, 0.25) is 0 Å². The lowest BCUT2D eigenvalue weighted by molar-refractivity contribution is 0.938. The Morgan fingerprint density at radius 2 is 2.07 bits per heavy atom. The minimum atomic E-state index is -0.0712. The minimum absolute atomic E-state index is 0.0712. The lowest BCUT2D eigenvalue weighted by atomic mass is 10.3. The van der Waals surface area contributed by atoms with E-state index in [0.29, 0.717) is 5.39 Å². The minimum Gasteiger partial charge on any atom is -0.335 e. The third kappa shape index (κ3) is 1.55. The standard InChI is InChI=1S/C8H9N3O.C2H6/c1-5-3-11(2)7-6(5)8(12)10-4-9-7;1-2/h3-4H,1-2H3,(H,9,10,12);1-2H3. The molecule has 76 valence electrons. The van der Waals surface area contributed by atoms with Crippen molar-refractivity contribution in [3.05, 3.63) is 28.4 Å². The second-order valence-corrected chi connectivity index (χ2v) is 2.85. The molecule has 0 amide bonds. The van der Waals surface area contributed by atoms with Crippen LogP contribution in [0, 0.1) is 6.92 Å². The highest BCUT2D eigenvalue weighted by Gasteiger charge is 2.06. The fraction of sp³-hybridized carbons (Fsp3) is 0.400. The van der Waals surface area contributed by atoms with Gasteiger partial charge < -0.3 is 9.55 Å². The lowest BCUT2D eigenvalue weighted by Gasteiger charge is -1.91. The Kier molecular flexibility index (Phi) is 3.06. The van der Waals surface area contributed by atoms with E-state index in [-0.39, 0.29) is 5.56 Å². The molecule has 2 heterocycles. The first-order chi connectivity index (χ1) is 6.70. The smallest absolute Gasteiger partial charge is 0.260 e. The van der Waals surface area contributed by atoms with Crippen molar-refractivity contribution in [2.45, 2.75) is 20.8 Å². The summed E-state index contributed by atoms with van der Waals surface area (Å²) in [6, 6.07) is 0. The summed E-state index contributed by atoms with van der Waals surface area (Å²) in [6.45, 7) is 5.90. The third-order valence-electron chi connectivity index (χ3n) is 1.95. The number of aromatic amines is 1. The molecule has 0 unspecified atom stereocenters. The van der Waals surface area contributed by atoms with Gasteiger partial charge in [-0.25, -0.2) is 4.98 Å². The summed E-state index contributed by atoms with van der Waals surface area (Å²) in [4.78, 5) is 17.9. The van der Waals surface area contributed by atoms with Crippen molar-refractivity contribution in [1.29, 1.82) is 0 Å². The van der Waals surface area contributed by atoms with Gasteiger partial charge in [0.1, 0.15) is 5.65 Å². The summed E-state index contributed by atoms with van der Waals surface area (Å²) >= 11 is 0. The van der Waals surface area contributed by atoms with Crippen LogP contribution < -0.4 is 5.56 Å². The van der Waals surface area contributed by atoms with Gasteiger partial charge in [-0.1, -0.05) is 13.8 Å². The molecule has 1 N–H and O–H groups in total. The van der Waals surface area contributed by atoms with E-state index in [1.165, 1.54) is 6.33 Å². The predicted molar refractivity (Wildman–Crippen MR) is 57.4 cm³/mol. The molecule has 0 bridgehead atoms. The van der Waals surface area contributed by atoms with Gasteiger partial charge in [0.05, 0.1) is 11.7 Å². The molecule has 4 nitrogen and oxygen atoms in total. The molecule has 0 aliphatic heterocycles. The Morgan fingerprint density at radius 3 is 2.64 bits per heavy atom. The topological polar surface area (TPSA) is 50.7 Å². The van der Waals surface area contributed by atoms with Crippen molar-refractivity contribution in [3.63, 3.8) is 0 Å². The summed E-state index contributed by atoms with van der Waals surface area (Å²) in [5.41, 5.74) is 1.62. The molecule has 2 rings (SSSR count). The van der Waals surface area contributed by atoms with Gasteiger partial charge in [-0.15, -0.1) is 0 Å². The van der Waals surface area contributed by atoms with Crippen LogP contribution in [0.4, 0.5) is 0 Å². The summed E-state index contributed by atoms with van der Waals surface area (Å²) < 4.78 is 1.85. The molecule has 0 spiro atoms. The van der Waals surface area contributed by atoms with Crippen molar-refractivity contribution in [2.24, 2.45) is 7.05 Å². The Balaban J connectivity index is 0.000000461. The second-order valence-electron chi connectivity index (χ2n) is 2.85. The highest BCUT2D eigenvalue weighted by atomic mass is 16.1. The van der Waals surface area contributed by atoms with Gasteiger partial charge in [-0.2, -0.15) is 0 Å². The van der Waals surface area contributed by atoms with Gasteiger partial charge in [0.15, 0.2) is 0 Å². The van der Waals surface area contributed by atoms with E-state index < -0.39 is 0 Å². The largest absolute Gasteiger partial charge is 0.335 e. The van der Waals surface area contributed by atoms with Gasteiger partial charge in [-0.05, 0) is 12.5 Å². The highest BCUT2D eigenvalue weighted by Crippen LogP contribution is 2.11. The molecule has 0 aliphatic rings. The van der Waals surface area contributed by atoms with Crippen molar-refractivity contribution in [2.75, 3.05) is 0 Å². The van der Waals surface area contributed by atoms with Crippen LogP contribution in [0.3, 0.4) is 0 Å². The Bertz CT molecular complexity index is 482. The molecule has 2 aromatic heterocycles. The van der Waals surface area contributed by atoms with Gasteiger partial charge in [-0.3, -0.25) is 4.79 Å². The molecule has 2 aromatic rings. The Morgan fingerprint density at radius 1 is 1.43 bits per heavy atom. The Hall–Kier alpha value is -1.58. The molecular formula is C10H15N3O. The van der Waals surface area contributed by atoms with Crippen LogP contribution in [0.15, 0.2) is 17.3 Å². The highest BCUT2D eigenvalue weighted by molar-refractivity contribution is 5.78. The number of nitrogens with zero attached hydrogens (tertiary/aromatic N) is 2. The van der Waals surface area contributed by atoms with Crippen LogP contribution >= 0.6 is 0 Å². The zero-order chi connectivity index (χ0) is 10.7. The van der Waals surface area contributed by atoms with Crippen LogP contribution in [0.1, 0.15) is 19.4 Å². The zero-order valence-corrected chi connectivity index (χ0v) is 8.96. The molecule has 0 saturated carbocycles. The first kappa shape index (κ1) is 10.5. The van der Waals surface area contributed by atoms with Crippen LogP contribution in [-0.2, 0) is 7.05 Å². The van der Waals surface area contributed by atoms with E-state index >= 15 is 0 Å². The predicted octanol–water partition coefficient (Wildman–Crippen LogP) is 1.60. The van der Waals surface area contributed by atoms with Crippen molar-refractivity contribution < 1.29 is 0 Å². The van der Waals surface area contributed by atoms with Gasteiger partial charge >= 0.3 is 0 Å². The number of hydrogen-bond acceptors (Lipinski definition) is 2. The summed E-state index contributed by atoms with van der Waals surface area (Å²) in [5.74, 6) is 0. The number of nitrogens with one attached hydrogen (secondary N) is 1. The third-order valence-corrected chi connectivity index (χ3v) is 1.95. The van der Waals surface area contributed by atoms with E-state index in [2.05, 4.69) is 9.97 Å². The average Bonchev–Trinajstić information content (AvgIpc) is 2.47. The monoisotopic (exact) mass is 193 g/mol. The summed E-state index contributed by atoms with van der Waals surface area (Å²) in [6.07, 6.45) is 3.32. The van der Waals surface area contributed by atoms with E-state index in [1.807, 2.05) is 38.6 Å². The summed E-state index contributed by atoms with van der Waals surface area (Å²) in [7, 11) is 1.88. The van der Waals surface area contributed by atoms with Crippen LogP contribution in [0.25, 0.3) is 11.0 Å². The number of fused-ring (bicyclic) bond motifs is 1. The number of hydrogen-bond donors (Lipinski definition) is 1. The number of H-pyrrole nitrogens is 1. The van der Waals surface area contributed by atoms with Crippen molar-refractivity contribution in [3.8, 4) is 0 Å². The zero-order valence-electron chi connectivity index (χ0n) is 8.96. The molecule has 0 aromatic carbocycles. The quantitative estimate of drug-likeness (QED) is 0.690. The van der Waals surface area contributed by atoms with Gasteiger partial charge in [0.25, 0.3) is 5.56 Å². The molecule has 14 heavy (non-hydrogen) atoms. The molecule has 0 saturated heterocycles. The normalized spacial score (nSPS) is 9.71. The van der Waals surface area contributed by atoms with Gasteiger partial charge in [0, 0.05) is 13.2 Å². The number of aryl methyl sites for hydroxylation is 2. The molecule has 0 aliphatic carbocycles. The van der Waals surface area contributed by atoms with E-state index in [9.17, 15) is 4.79 Å². The fourth-order valence-corrected chi connectivity index (χ4v) is 1.43. The van der Waals surface area contributed by atoms with Crippen LogP contribution in [0.5, 0.6) is 0 Å². The molecular weight excluding hydrogens is 178 g/mol. The SMILES string of the molecule is CC.Cc1cn(C)c2nc[nH]c(=O)c12. The van der Waals surface area contributed by atoms with E-state index in [0.717, 1.165) is 11.2 Å². The molecule has 0 fully saturated rings. The second kappa shape index (κ2) is 4.09. The van der Waals surface area contributed by atoms with Crippen LogP contribution in [-0.4, -0.2) is 14.5 Å². The number of aromatic nitrogens is 3. The van der Waals surface area contributed by atoms with Crippen LogP contribution in [0.2, 0.25) is 0 Å². The Labute approximate surface area is 82.6 Å². The fourth-order valence-electron chi connectivity index (χ4n) is 1.43. The molecule has 4 heteroatoms. The molecule has 0 atom stereocenters. The first-order valence-corrected chi connectivity index (χ1v) is 4.69. The van der Waals surface area contributed by atoms with E-state index in [1.54, 1.807) is 0 Å². The van der Waals surface area contributed by atoms with Crippen molar-refractivity contribution in [1.82, 2.24) is 14.5 Å². The van der Waals surface area contributed by atoms with Crippen molar-refractivity contribution >= 4 is 11.0 Å².